The van der Waals surface area contributed by atoms with Crippen molar-refractivity contribution < 1.29 is 8.87 Å². The first kappa shape index (κ1) is 5.95. The van der Waals surface area contributed by atoms with Crippen LogP contribution < -0.4 is 0 Å². The van der Waals surface area contributed by atoms with Gasteiger partial charge in [0.2, 0.25) is 0 Å². The molecule has 1 aliphatic rings. The Morgan fingerprint density at radius 3 is 2.38 bits per heavy atom. The van der Waals surface area contributed by atoms with Gasteiger partial charge in [-0.3, -0.25) is 0 Å². The minimum atomic E-state index is -1.68. The molecule has 1 atom stereocenters. The number of hydrogen-bond donors (Lipinski definition) is 0. The molecule has 1 aliphatic heterocycles. The van der Waals surface area contributed by atoms with Crippen molar-refractivity contribution in [2.24, 2.45) is 0 Å². The summed E-state index contributed by atoms with van der Waals surface area (Å²) < 4.78 is 24.7. The predicted octanol–water partition coefficient (Wildman–Crippen LogP) is 1.65. The Balaban J connectivity index is 2.54. The summed E-state index contributed by atoms with van der Waals surface area (Å²) in [6.45, 7) is 1.51. The zero-order chi connectivity index (χ0) is 6.20. The van der Waals surface area contributed by atoms with E-state index >= 15 is 0 Å². The van der Waals surface area contributed by atoms with Gasteiger partial charge in [0.15, 0.2) is 5.79 Å². The molecule has 0 aliphatic carbocycles. The molecule has 0 aromatic heterocycles. The van der Waals surface area contributed by atoms with E-state index in [1.807, 2.05) is 0 Å². The molecule has 1 fully saturated rings. The van der Waals surface area contributed by atoms with E-state index in [0.717, 1.165) is 0 Å². The Bertz CT molecular complexity index is 92.4. The van der Waals surface area contributed by atoms with Gasteiger partial charge in [-0.1, -0.05) is 0 Å². The molecule has 0 N–H and O–H groups in total. The van der Waals surface area contributed by atoms with Crippen molar-refractivity contribution >= 4 is 0 Å². The fraction of sp³-hybridized carbons (Fsp3) is 1.00. The fourth-order valence-electron chi connectivity index (χ4n) is 0.895. The normalized spacial score (nSPS) is 40.9. The van der Waals surface area contributed by atoms with Gasteiger partial charge in [-0.2, -0.15) is 0 Å². The molecule has 48 valence electrons. The first-order valence-corrected chi connectivity index (χ1v) is 2.75. The number of alkyl halides is 1. The van der Waals surface area contributed by atoms with E-state index in [2.05, 4.69) is 0 Å². The third kappa shape index (κ3) is 0.823. The maximum Gasteiger partial charge on any atom is 0.187 e. The molecule has 0 aromatic rings. The van der Waals surface area contributed by atoms with Gasteiger partial charge >= 0.3 is 0 Å². The highest BCUT2D eigenvalue weighted by molar-refractivity contribution is 4.75. The number of rotatable bonds is 0. The molecule has 0 radical (unpaired) electrons. The van der Waals surface area contributed by atoms with Gasteiger partial charge in [0.05, 0.1) is 0 Å². The van der Waals surface area contributed by atoms with E-state index in [9.17, 15) is 8.87 Å². The lowest BCUT2D eigenvalue weighted by Crippen LogP contribution is -2.29. The van der Waals surface area contributed by atoms with Gasteiger partial charge in [0.1, 0.15) is 0 Å². The van der Waals surface area contributed by atoms with Crippen molar-refractivity contribution in [1.29, 1.82) is 0 Å². The molecule has 1 saturated heterocycles. The Kier molecular flexibility index (Phi) is 1.23. The van der Waals surface area contributed by atoms with Crippen LogP contribution in [0.25, 0.3) is 0 Å². The average Bonchev–Trinajstić information content (AvgIpc) is 1.86. The minimum Gasteiger partial charge on any atom is -0.224 e. The third-order valence-electron chi connectivity index (χ3n) is 1.49. The van der Waals surface area contributed by atoms with Crippen LogP contribution in [0.15, 0.2) is 0 Å². The van der Waals surface area contributed by atoms with Crippen LogP contribution in [0, 0.1) is 0 Å². The van der Waals surface area contributed by atoms with Crippen molar-refractivity contribution in [3.63, 3.8) is 0 Å². The highest BCUT2D eigenvalue weighted by Crippen LogP contribution is 2.29. The van der Waals surface area contributed by atoms with Crippen LogP contribution >= 0.6 is 0 Å². The molecule has 1 heterocycles. The summed E-state index contributed by atoms with van der Waals surface area (Å²) in [5.41, 5.74) is 0. The van der Waals surface area contributed by atoms with E-state index in [1.54, 1.807) is 0 Å². The van der Waals surface area contributed by atoms with Crippen LogP contribution in [-0.2, 0) is 0 Å². The lowest BCUT2D eigenvalue weighted by atomic mass is 10.2. The highest BCUT2D eigenvalue weighted by Gasteiger charge is 2.36. The highest BCUT2D eigenvalue weighted by atomic mass is 19.2. The second-order valence-electron chi connectivity index (χ2n) is 2.33. The van der Waals surface area contributed by atoms with Crippen LogP contribution in [0.3, 0.4) is 0 Å². The quantitative estimate of drug-likeness (QED) is 0.348. The standard InChI is InChI=1S/C5H9F2N/c1-5(6)3-2-4-8(5)7/h2-4H2,1H3. The number of hydrogen-bond acceptors (Lipinski definition) is 1. The number of halogens is 2. The second kappa shape index (κ2) is 1.65. The van der Waals surface area contributed by atoms with Crippen LogP contribution in [0.2, 0.25) is 0 Å². The van der Waals surface area contributed by atoms with Crippen molar-refractivity contribution in [3.05, 3.63) is 0 Å². The predicted molar refractivity (Wildman–Crippen MR) is 26.6 cm³/mol. The van der Waals surface area contributed by atoms with Crippen molar-refractivity contribution in [1.82, 2.24) is 5.12 Å². The molecular formula is C5H9F2N. The summed E-state index contributed by atoms with van der Waals surface area (Å²) >= 11 is 0. The van der Waals surface area contributed by atoms with Gasteiger partial charge in [-0.05, 0) is 19.8 Å². The Hall–Kier alpha value is -0.180. The molecule has 0 saturated carbocycles. The topological polar surface area (TPSA) is 3.24 Å². The summed E-state index contributed by atoms with van der Waals surface area (Å²) in [7, 11) is 0. The van der Waals surface area contributed by atoms with Gasteiger partial charge in [-0.15, -0.1) is 9.60 Å². The van der Waals surface area contributed by atoms with Gasteiger partial charge < -0.3 is 0 Å². The summed E-state index contributed by atoms with van der Waals surface area (Å²) in [4.78, 5) is 0. The Morgan fingerprint density at radius 1 is 1.62 bits per heavy atom. The van der Waals surface area contributed by atoms with Crippen molar-refractivity contribution in [3.8, 4) is 0 Å². The Labute approximate surface area is 47.2 Å². The molecular weight excluding hydrogens is 112 g/mol. The molecule has 0 spiro atoms. The fourth-order valence-corrected chi connectivity index (χ4v) is 0.895. The van der Waals surface area contributed by atoms with E-state index in [-0.39, 0.29) is 11.7 Å². The summed E-state index contributed by atoms with van der Waals surface area (Å²) in [6, 6.07) is 0. The summed E-state index contributed by atoms with van der Waals surface area (Å²) in [5.74, 6) is -1.68. The molecule has 8 heavy (non-hydrogen) atoms. The van der Waals surface area contributed by atoms with E-state index in [4.69, 9.17) is 0 Å². The lowest BCUT2D eigenvalue weighted by molar-refractivity contribution is -0.116. The zero-order valence-corrected chi connectivity index (χ0v) is 4.82. The minimum absolute atomic E-state index is 0.243. The van der Waals surface area contributed by atoms with Crippen molar-refractivity contribution in [2.45, 2.75) is 25.6 Å². The molecule has 0 bridgehead atoms. The lowest BCUT2D eigenvalue weighted by Gasteiger charge is -2.16. The van der Waals surface area contributed by atoms with Gasteiger partial charge in [0.25, 0.3) is 0 Å². The monoisotopic (exact) mass is 121 g/mol. The van der Waals surface area contributed by atoms with E-state index in [0.29, 0.717) is 12.8 Å². The maximum atomic E-state index is 12.6. The first-order valence-electron chi connectivity index (χ1n) is 2.75. The SMILES string of the molecule is CC1(F)CCCN1F. The molecule has 0 amide bonds. The first-order chi connectivity index (χ1) is 3.63. The van der Waals surface area contributed by atoms with Crippen LogP contribution in [0.5, 0.6) is 0 Å². The van der Waals surface area contributed by atoms with Crippen molar-refractivity contribution in [2.75, 3.05) is 6.54 Å². The van der Waals surface area contributed by atoms with E-state index < -0.39 is 5.79 Å². The Morgan fingerprint density at radius 2 is 2.25 bits per heavy atom. The average molecular weight is 121 g/mol. The smallest absolute Gasteiger partial charge is 0.187 e. The van der Waals surface area contributed by atoms with Crippen LogP contribution in [-0.4, -0.2) is 17.5 Å². The van der Waals surface area contributed by atoms with E-state index in [1.165, 1.54) is 6.92 Å². The second-order valence-corrected chi connectivity index (χ2v) is 2.33. The summed E-state index contributed by atoms with van der Waals surface area (Å²) in [6.07, 6.45) is 0.951. The molecule has 1 unspecified atom stereocenters. The summed E-state index contributed by atoms with van der Waals surface area (Å²) in [5, 5.41) is 0.257. The molecule has 1 rings (SSSR count). The number of nitrogens with zero attached hydrogens (tertiary/aromatic N) is 1. The third-order valence-corrected chi connectivity index (χ3v) is 1.49. The van der Waals surface area contributed by atoms with Crippen LogP contribution in [0.1, 0.15) is 19.8 Å². The molecule has 1 nitrogen and oxygen atoms in total. The van der Waals surface area contributed by atoms with Gasteiger partial charge in [0, 0.05) is 6.54 Å². The molecule has 0 aromatic carbocycles. The van der Waals surface area contributed by atoms with Gasteiger partial charge in [-0.25, -0.2) is 4.39 Å². The molecule has 3 heteroatoms. The van der Waals surface area contributed by atoms with Crippen LogP contribution in [0.4, 0.5) is 8.87 Å². The zero-order valence-electron chi connectivity index (χ0n) is 4.82. The maximum absolute atomic E-state index is 12.6. The largest absolute Gasteiger partial charge is 0.224 e.